The molecule has 1 heterocycles. The molecule has 5 heteroatoms. The SMILES string of the molecule is Cc1cccc(C2c3cc(OCC(=O)N(C)Cc4ccccc4)ccc3CCN2C(=O)c2ccccc2)c1. The van der Waals surface area contributed by atoms with Gasteiger partial charge in [-0.15, -0.1) is 0 Å². The first-order chi connectivity index (χ1) is 18.5. The smallest absolute Gasteiger partial charge is 0.260 e. The van der Waals surface area contributed by atoms with E-state index in [1.165, 1.54) is 5.56 Å². The van der Waals surface area contributed by atoms with E-state index in [0.717, 1.165) is 28.7 Å². The van der Waals surface area contributed by atoms with Crippen LogP contribution >= 0.6 is 0 Å². The Morgan fingerprint density at radius 1 is 0.895 bits per heavy atom. The first-order valence-electron chi connectivity index (χ1n) is 13.0. The van der Waals surface area contributed by atoms with Gasteiger partial charge in [-0.2, -0.15) is 0 Å². The van der Waals surface area contributed by atoms with E-state index >= 15 is 0 Å². The minimum absolute atomic E-state index is 0.00629. The molecule has 0 fully saturated rings. The molecule has 38 heavy (non-hydrogen) atoms. The maximum absolute atomic E-state index is 13.6. The van der Waals surface area contributed by atoms with Crippen LogP contribution in [0.5, 0.6) is 5.75 Å². The summed E-state index contributed by atoms with van der Waals surface area (Å²) in [7, 11) is 1.78. The van der Waals surface area contributed by atoms with Gasteiger partial charge in [0.25, 0.3) is 11.8 Å². The summed E-state index contributed by atoms with van der Waals surface area (Å²) in [5.74, 6) is 0.534. The lowest BCUT2D eigenvalue weighted by Crippen LogP contribution is -2.40. The molecule has 1 unspecified atom stereocenters. The average Bonchev–Trinajstić information content (AvgIpc) is 2.95. The predicted molar refractivity (Wildman–Crippen MR) is 149 cm³/mol. The van der Waals surface area contributed by atoms with Crippen molar-refractivity contribution in [1.29, 1.82) is 0 Å². The predicted octanol–water partition coefficient (Wildman–Crippen LogP) is 5.82. The third-order valence-electron chi connectivity index (χ3n) is 7.04. The Bertz CT molecular complexity index is 1420. The fraction of sp³-hybridized carbons (Fsp3) is 0.212. The second-order valence-electron chi connectivity index (χ2n) is 9.82. The van der Waals surface area contributed by atoms with Gasteiger partial charge in [0.1, 0.15) is 5.75 Å². The monoisotopic (exact) mass is 504 g/mol. The van der Waals surface area contributed by atoms with Crippen molar-refractivity contribution in [3.8, 4) is 5.75 Å². The first-order valence-corrected chi connectivity index (χ1v) is 13.0. The van der Waals surface area contributed by atoms with Crippen LogP contribution in [0, 0.1) is 6.92 Å². The van der Waals surface area contributed by atoms with E-state index < -0.39 is 0 Å². The zero-order valence-electron chi connectivity index (χ0n) is 21.8. The van der Waals surface area contributed by atoms with E-state index in [2.05, 4.69) is 31.2 Å². The van der Waals surface area contributed by atoms with Crippen LogP contribution < -0.4 is 4.74 Å². The Labute approximate surface area is 224 Å². The standard InChI is InChI=1S/C33H32N2O3/c1-24-10-9-15-28(20-24)32-30-21-29(38-23-31(36)34(2)22-25-11-5-3-6-12-25)17-16-26(30)18-19-35(32)33(37)27-13-7-4-8-14-27/h3-17,20-21,32H,18-19,22-23H2,1-2H3. The number of amides is 2. The molecule has 5 rings (SSSR count). The highest BCUT2D eigenvalue weighted by Gasteiger charge is 2.33. The molecule has 0 spiro atoms. The van der Waals surface area contributed by atoms with Gasteiger partial charge in [0.2, 0.25) is 0 Å². The molecule has 4 aromatic carbocycles. The van der Waals surface area contributed by atoms with Crippen molar-refractivity contribution in [2.45, 2.75) is 25.9 Å². The zero-order chi connectivity index (χ0) is 26.5. The summed E-state index contributed by atoms with van der Waals surface area (Å²) in [6.45, 7) is 3.17. The Hall–Kier alpha value is -4.38. The lowest BCUT2D eigenvalue weighted by molar-refractivity contribution is -0.132. The van der Waals surface area contributed by atoms with Gasteiger partial charge < -0.3 is 14.5 Å². The van der Waals surface area contributed by atoms with Crippen molar-refractivity contribution >= 4 is 11.8 Å². The van der Waals surface area contributed by atoms with Gasteiger partial charge in [0, 0.05) is 25.7 Å². The molecule has 4 aromatic rings. The minimum atomic E-state index is -0.244. The van der Waals surface area contributed by atoms with Gasteiger partial charge in [0.05, 0.1) is 6.04 Å². The number of rotatable bonds is 7. The second-order valence-corrected chi connectivity index (χ2v) is 9.82. The van der Waals surface area contributed by atoms with Crippen LogP contribution in [0.15, 0.2) is 103 Å². The Balaban J connectivity index is 1.40. The number of carbonyl (C=O) groups excluding carboxylic acids is 2. The molecule has 0 bridgehead atoms. The van der Waals surface area contributed by atoms with Gasteiger partial charge >= 0.3 is 0 Å². The van der Waals surface area contributed by atoms with Crippen LogP contribution in [-0.4, -0.2) is 41.8 Å². The number of nitrogens with zero attached hydrogens (tertiary/aromatic N) is 2. The number of likely N-dealkylation sites (N-methyl/N-ethyl adjacent to an activating group) is 1. The molecular weight excluding hydrogens is 472 g/mol. The maximum atomic E-state index is 13.6. The van der Waals surface area contributed by atoms with Crippen LogP contribution in [0.1, 0.15) is 44.2 Å². The summed E-state index contributed by atoms with van der Waals surface area (Å²) < 4.78 is 5.99. The summed E-state index contributed by atoms with van der Waals surface area (Å²) >= 11 is 0. The van der Waals surface area contributed by atoms with Crippen LogP contribution in [-0.2, 0) is 17.8 Å². The molecule has 192 valence electrons. The van der Waals surface area contributed by atoms with Crippen molar-refractivity contribution in [2.75, 3.05) is 20.2 Å². The largest absolute Gasteiger partial charge is 0.484 e. The fourth-order valence-electron chi connectivity index (χ4n) is 5.05. The summed E-state index contributed by atoms with van der Waals surface area (Å²) in [6, 6.07) is 33.4. The van der Waals surface area contributed by atoms with E-state index in [0.29, 0.717) is 24.4 Å². The maximum Gasteiger partial charge on any atom is 0.260 e. The average molecular weight is 505 g/mol. The number of fused-ring (bicyclic) bond motifs is 1. The molecule has 5 nitrogen and oxygen atoms in total. The van der Waals surface area contributed by atoms with Crippen molar-refractivity contribution in [3.63, 3.8) is 0 Å². The highest BCUT2D eigenvalue weighted by atomic mass is 16.5. The fourth-order valence-corrected chi connectivity index (χ4v) is 5.05. The number of benzene rings is 4. The van der Waals surface area contributed by atoms with Crippen molar-refractivity contribution in [1.82, 2.24) is 9.80 Å². The van der Waals surface area contributed by atoms with E-state index in [-0.39, 0.29) is 24.5 Å². The normalized spacial score (nSPS) is 14.5. The number of hydrogen-bond donors (Lipinski definition) is 0. The van der Waals surface area contributed by atoms with E-state index in [4.69, 9.17) is 4.74 Å². The summed E-state index contributed by atoms with van der Waals surface area (Å²) in [5, 5.41) is 0. The molecule has 0 N–H and O–H groups in total. The summed E-state index contributed by atoms with van der Waals surface area (Å²) in [5.41, 5.74) is 6.17. The quantitative estimate of drug-likeness (QED) is 0.319. The molecular formula is C33H32N2O3. The minimum Gasteiger partial charge on any atom is -0.484 e. The number of aryl methyl sites for hydroxylation is 1. The Morgan fingerprint density at radius 2 is 1.63 bits per heavy atom. The van der Waals surface area contributed by atoms with Crippen molar-refractivity contribution in [3.05, 3.63) is 137 Å². The van der Waals surface area contributed by atoms with Gasteiger partial charge in [-0.05, 0) is 59.9 Å². The molecule has 1 aliphatic rings. The Kier molecular flexibility index (Phi) is 7.55. The molecule has 1 atom stereocenters. The highest BCUT2D eigenvalue weighted by Crippen LogP contribution is 2.38. The summed E-state index contributed by atoms with van der Waals surface area (Å²) in [6.07, 6.45) is 0.759. The topological polar surface area (TPSA) is 49.9 Å². The molecule has 2 amide bonds. The van der Waals surface area contributed by atoms with E-state index in [1.807, 2.05) is 83.8 Å². The zero-order valence-corrected chi connectivity index (χ0v) is 21.8. The van der Waals surface area contributed by atoms with Crippen molar-refractivity contribution < 1.29 is 14.3 Å². The van der Waals surface area contributed by atoms with Gasteiger partial charge in [-0.3, -0.25) is 9.59 Å². The second kappa shape index (κ2) is 11.3. The van der Waals surface area contributed by atoms with Gasteiger partial charge in [-0.25, -0.2) is 0 Å². The number of ether oxygens (including phenoxy) is 1. The van der Waals surface area contributed by atoms with Gasteiger partial charge in [-0.1, -0.05) is 84.4 Å². The molecule has 0 saturated carbocycles. The highest BCUT2D eigenvalue weighted by molar-refractivity contribution is 5.95. The van der Waals surface area contributed by atoms with Crippen LogP contribution in [0.3, 0.4) is 0 Å². The number of hydrogen-bond acceptors (Lipinski definition) is 3. The third-order valence-corrected chi connectivity index (χ3v) is 7.04. The molecule has 0 aromatic heterocycles. The lowest BCUT2D eigenvalue weighted by atomic mass is 9.87. The third kappa shape index (κ3) is 5.62. The first kappa shape index (κ1) is 25.3. The lowest BCUT2D eigenvalue weighted by Gasteiger charge is -2.38. The Morgan fingerprint density at radius 3 is 2.37 bits per heavy atom. The van der Waals surface area contributed by atoms with Crippen LogP contribution in [0.2, 0.25) is 0 Å². The molecule has 0 aliphatic carbocycles. The van der Waals surface area contributed by atoms with E-state index in [9.17, 15) is 9.59 Å². The van der Waals surface area contributed by atoms with Crippen molar-refractivity contribution in [2.24, 2.45) is 0 Å². The number of carbonyl (C=O) groups is 2. The summed E-state index contributed by atoms with van der Waals surface area (Å²) in [4.78, 5) is 30.1. The van der Waals surface area contributed by atoms with Crippen LogP contribution in [0.25, 0.3) is 0 Å². The van der Waals surface area contributed by atoms with Crippen LogP contribution in [0.4, 0.5) is 0 Å². The molecule has 0 saturated heterocycles. The van der Waals surface area contributed by atoms with Gasteiger partial charge in [0.15, 0.2) is 6.61 Å². The van der Waals surface area contributed by atoms with E-state index in [1.54, 1.807) is 11.9 Å². The molecule has 1 aliphatic heterocycles. The molecule has 0 radical (unpaired) electrons.